The molecule has 3 rings (SSSR count). The van der Waals surface area contributed by atoms with Crippen LogP contribution in [0.4, 0.5) is 0 Å². The average molecular weight is 270 g/mol. The maximum absolute atomic E-state index is 12.4. The molecule has 3 N–H and O–H groups in total. The van der Waals surface area contributed by atoms with Crippen LogP contribution >= 0.6 is 0 Å². The fourth-order valence-corrected chi connectivity index (χ4v) is 2.38. The quantitative estimate of drug-likeness (QED) is 0.542. The van der Waals surface area contributed by atoms with Gasteiger partial charge in [0.25, 0.3) is 0 Å². The van der Waals surface area contributed by atoms with Gasteiger partial charge in [-0.1, -0.05) is 6.07 Å². The molecule has 2 aromatic carbocycles. The minimum atomic E-state index is -0.619. The molecule has 0 spiro atoms. The van der Waals surface area contributed by atoms with E-state index in [4.69, 9.17) is 0 Å². The number of phenolic OH excluding ortho intramolecular Hbond substituents is 3. The molecule has 0 atom stereocenters. The van der Waals surface area contributed by atoms with E-state index in [0.29, 0.717) is 5.56 Å². The van der Waals surface area contributed by atoms with Gasteiger partial charge < -0.3 is 15.3 Å². The summed E-state index contributed by atoms with van der Waals surface area (Å²) in [5, 5.41) is 29.3. The Kier molecular flexibility index (Phi) is 2.34. The lowest BCUT2D eigenvalue weighted by molar-refractivity contribution is 0.0973. The lowest BCUT2D eigenvalue weighted by atomic mass is 9.82. The number of fused-ring (bicyclic) bond motifs is 2. The van der Waals surface area contributed by atoms with Crippen LogP contribution in [0.25, 0.3) is 0 Å². The summed E-state index contributed by atoms with van der Waals surface area (Å²) in [6.07, 6.45) is 0. The fourth-order valence-electron chi connectivity index (χ4n) is 2.38. The molecular formula is C15H10O5. The highest BCUT2D eigenvalue weighted by Gasteiger charge is 2.35. The lowest BCUT2D eigenvalue weighted by Gasteiger charge is -2.20. The molecule has 0 radical (unpaired) electrons. The minimum Gasteiger partial charge on any atom is -0.507 e. The number of ketones is 2. The summed E-state index contributed by atoms with van der Waals surface area (Å²) < 4.78 is 0. The van der Waals surface area contributed by atoms with E-state index in [1.54, 1.807) is 6.92 Å². The van der Waals surface area contributed by atoms with Crippen molar-refractivity contribution in [3.8, 4) is 17.2 Å². The molecular weight excluding hydrogens is 260 g/mol. The van der Waals surface area contributed by atoms with Gasteiger partial charge in [0.05, 0.1) is 11.1 Å². The van der Waals surface area contributed by atoms with Gasteiger partial charge in [-0.2, -0.15) is 0 Å². The van der Waals surface area contributed by atoms with Gasteiger partial charge in [-0.05, 0) is 30.7 Å². The molecule has 0 saturated heterocycles. The van der Waals surface area contributed by atoms with Crippen LogP contribution in [-0.2, 0) is 0 Å². The predicted molar refractivity (Wildman–Crippen MR) is 69.5 cm³/mol. The molecule has 0 heterocycles. The zero-order valence-corrected chi connectivity index (χ0v) is 10.5. The van der Waals surface area contributed by atoms with Crippen LogP contribution in [0.3, 0.4) is 0 Å². The summed E-state index contributed by atoms with van der Waals surface area (Å²) in [5.41, 5.74) is 0.180. The Labute approximate surface area is 113 Å². The van der Waals surface area contributed by atoms with Crippen molar-refractivity contribution in [2.45, 2.75) is 6.92 Å². The molecule has 5 nitrogen and oxygen atoms in total. The second-order valence-corrected chi connectivity index (χ2v) is 4.67. The van der Waals surface area contributed by atoms with Gasteiger partial charge in [0.1, 0.15) is 5.75 Å². The zero-order chi connectivity index (χ0) is 14.6. The highest BCUT2D eigenvalue weighted by Crippen LogP contribution is 2.40. The van der Waals surface area contributed by atoms with E-state index in [0.717, 1.165) is 6.07 Å². The highest BCUT2D eigenvalue weighted by molar-refractivity contribution is 6.30. The second-order valence-electron chi connectivity index (χ2n) is 4.67. The largest absolute Gasteiger partial charge is 0.507 e. The highest BCUT2D eigenvalue weighted by atomic mass is 16.3. The van der Waals surface area contributed by atoms with E-state index in [2.05, 4.69) is 0 Å². The predicted octanol–water partition coefficient (Wildman–Crippen LogP) is 1.89. The third kappa shape index (κ3) is 1.37. The summed E-state index contributed by atoms with van der Waals surface area (Å²) in [4.78, 5) is 24.7. The first-order chi connectivity index (χ1) is 9.43. The first kappa shape index (κ1) is 12.2. The van der Waals surface area contributed by atoms with E-state index in [-0.39, 0.29) is 28.0 Å². The maximum atomic E-state index is 12.4. The normalized spacial score (nSPS) is 13.1. The number of aryl methyl sites for hydroxylation is 1. The topological polar surface area (TPSA) is 94.8 Å². The Morgan fingerprint density at radius 2 is 1.25 bits per heavy atom. The first-order valence-electron chi connectivity index (χ1n) is 5.90. The summed E-state index contributed by atoms with van der Waals surface area (Å²) in [5.74, 6) is -2.47. The van der Waals surface area contributed by atoms with Gasteiger partial charge in [0, 0.05) is 11.1 Å². The first-order valence-corrected chi connectivity index (χ1v) is 5.90. The number of hydrogen-bond donors (Lipinski definition) is 3. The van der Waals surface area contributed by atoms with Gasteiger partial charge >= 0.3 is 0 Å². The third-order valence-electron chi connectivity index (χ3n) is 3.48. The van der Waals surface area contributed by atoms with Gasteiger partial charge in [-0.3, -0.25) is 9.59 Å². The van der Waals surface area contributed by atoms with Gasteiger partial charge in [-0.15, -0.1) is 0 Å². The number of rotatable bonds is 0. The average Bonchev–Trinajstić information content (AvgIpc) is 2.42. The number of carbonyl (C=O) groups excluding carboxylic acids is 2. The molecule has 0 unspecified atom stereocenters. The van der Waals surface area contributed by atoms with Crippen molar-refractivity contribution in [1.82, 2.24) is 0 Å². The van der Waals surface area contributed by atoms with Crippen LogP contribution in [-0.4, -0.2) is 26.9 Å². The molecule has 0 aliphatic heterocycles. The van der Waals surface area contributed by atoms with Crippen molar-refractivity contribution in [2.75, 3.05) is 0 Å². The summed E-state index contributed by atoms with van der Waals surface area (Å²) in [6, 6.07) is 5.34. The Morgan fingerprint density at radius 1 is 0.750 bits per heavy atom. The molecule has 20 heavy (non-hydrogen) atoms. The molecule has 5 heteroatoms. The Balaban J connectivity index is 2.40. The zero-order valence-electron chi connectivity index (χ0n) is 10.5. The summed E-state index contributed by atoms with van der Waals surface area (Å²) in [6.45, 7) is 1.62. The number of benzene rings is 2. The van der Waals surface area contributed by atoms with Crippen molar-refractivity contribution >= 4 is 11.6 Å². The van der Waals surface area contributed by atoms with Crippen molar-refractivity contribution in [1.29, 1.82) is 0 Å². The van der Waals surface area contributed by atoms with Gasteiger partial charge in [-0.25, -0.2) is 0 Å². The Morgan fingerprint density at radius 3 is 1.85 bits per heavy atom. The number of carbonyl (C=O) groups is 2. The number of hydrogen-bond acceptors (Lipinski definition) is 5. The molecule has 0 bridgehead atoms. The van der Waals surface area contributed by atoms with Crippen LogP contribution in [0.2, 0.25) is 0 Å². The van der Waals surface area contributed by atoms with E-state index < -0.39 is 23.1 Å². The van der Waals surface area contributed by atoms with E-state index >= 15 is 0 Å². The van der Waals surface area contributed by atoms with Crippen molar-refractivity contribution < 1.29 is 24.9 Å². The van der Waals surface area contributed by atoms with Crippen LogP contribution in [0.5, 0.6) is 17.2 Å². The standard InChI is InChI=1S/C15H10O5/c1-6-2-3-7-10(12(6)17)13(18)8-4-5-9(16)15(20)11(8)14(7)19/h2-5,16-17,20H,1H3. The van der Waals surface area contributed by atoms with Crippen LogP contribution in [0.1, 0.15) is 37.4 Å². The van der Waals surface area contributed by atoms with E-state index in [9.17, 15) is 24.9 Å². The van der Waals surface area contributed by atoms with Crippen LogP contribution < -0.4 is 0 Å². The number of aromatic hydroxyl groups is 3. The van der Waals surface area contributed by atoms with Crippen LogP contribution in [0.15, 0.2) is 24.3 Å². The second kappa shape index (κ2) is 3.84. The molecule has 0 aromatic heterocycles. The molecule has 0 fully saturated rings. The molecule has 1 aliphatic carbocycles. The molecule has 0 amide bonds. The van der Waals surface area contributed by atoms with Crippen molar-refractivity contribution in [2.24, 2.45) is 0 Å². The molecule has 1 aliphatic rings. The summed E-state index contributed by atoms with van der Waals surface area (Å²) >= 11 is 0. The maximum Gasteiger partial charge on any atom is 0.198 e. The van der Waals surface area contributed by atoms with Crippen molar-refractivity contribution in [3.05, 3.63) is 52.1 Å². The number of phenols is 3. The lowest BCUT2D eigenvalue weighted by Crippen LogP contribution is -2.21. The smallest absolute Gasteiger partial charge is 0.198 e. The minimum absolute atomic E-state index is 0.0199. The SMILES string of the molecule is Cc1ccc2c(c1O)C(=O)c1ccc(O)c(O)c1C2=O. The monoisotopic (exact) mass is 270 g/mol. The van der Waals surface area contributed by atoms with Crippen LogP contribution in [0, 0.1) is 6.92 Å². The third-order valence-corrected chi connectivity index (χ3v) is 3.48. The molecule has 0 saturated carbocycles. The van der Waals surface area contributed by atoms with Crippen molar-refractivity contribution in [3.63, 3.8) is 0 Å². The summed E-state index contributed by atoms with van der Waals surface area (Å²) in [7, 11) is 0. The van der Waals surface area contributed by atoms with Gasteiger partial charge in [0.2, 0.25) is 0 Å². The van der Waals surface area contributed by atoms with E-state index in [1.165, 1.54) is 18.2 Å². The Bertz CT molecular complexity index is 722. The fraction of sp³-hybridized carbons (Fsp3) is 0.0667. The molecule has 100 valence electrons. The Hall–Kier alpha value is -2.82. The molecule has 2 aromatic rings. The van der Waals surface area contributed by atoms with E-state index in [1.807, 2.05) is 0 Å². The van der Waals surface area contributed by atoms with Gasteiger partial charge in [0.15, 0.2) is 23.1 Å².